The molecule has 1 fully saturated rings. The van der Waals surface area contributed by atoms with E-state index < -0.39 is 5.41 Å². The molecule has 1 atom stereocenters. The van der Waals surface area contributed by atoms with Gasteiger partial charge >= 0.3 is 0 Å². The van der Waals surface area contributed by atoms with E-state index in [1.165, 1.54) is 0 Å². The molecule has 0 bridgehead atoms. The molecule has 0 radical (unpaired) electrons. The minimum absolute atomic E-state index is 0.00225. The summed E-state index contributed by atoms with van der Waals surface area (Å²) in [5.74, 6) is -0.0955. The van der Waals surface area contributed by atoms with Crippen LogP contribution < -0.4 is 10.6 Å². The summed E-state index contributed by atoms with van der Waals surface area (Å²) in [6, 6.07) is 7.05. The first-order chi connectivity index (χ1) is 9.03. The summed E-state index contributed by atoms with van der Waals surface area (Å²) in [4.78, 5) is 23.4. The predicted octanol–water partition coefficient (Wildman–Crippen LogP) is 1.03. The smallest absolute Gasteiger partial charge is 0.232 e. The zero-order chi connectivity index (χ0) is 13.9. The third-order valence-electron chi connectivity index (χ3n) is 3.52. The molecular formula is C14H18N2O3. The largest absolute Gasteiger partial charge is 0.392 e. The highest BCUT2D eigenvalue weighted by Gasteiger charge is 2.36. The van der Waals surface area contributed by atoms with Gasteiger partial charge in [0.25, 0.3) is 0 Å². The van der Waals surface area contributed by atoms with E-state index in [9.17, 15) is 9.59 Å². The van der Waals surface area contributed by atoms with E-state index in [4.69, 9.17) is 5.11 Å². The van der Waals surface area contributed by atoms with Crippen LogP contribution in [0.1, 0.15) is 25.3 Å². The van der Waals surface area contributed by atoms with Crippen molar-refractivity contribution in [2.24, 2.45) is 5.41 Å². The second kappa shape index (κ2) is 5.40. The minimum atomic E-state index is -0.566. The number of carbonyl (C=O) groups excluding carboxylic acids is 2. The van der Waals surface area contributed by atoms with Gasteiger partial charge in [0.15, 0.2) is 0 Å². The third-order valence-corrected chi connectivity index (χ3v) is 3.52. The van der Waals surface area contributed by atoms with Crippen LogP contribution in [0.15, 0.2) is 24.3 Å². The molecular weight excluding hydrogens is 244 g/mol. The molecule has 1 heterocycles. The molecule has 0 spiro atoms. The Morgan fingerprint density at radius 2 is 2.11 bits per heavy atom. The summed E-state index contributed by atoms with van der Waals surface area (Å²) in [6.45, 7) is 2.20. The molecule has 2 rings (SSSR count). The van der Waals surface area contributed by atoms with E-state index in [1.807, 2.05) is 6.92 Å². The maximum Gasteiger partial charge on any atom is 0.232 e. The van der Waals surface area contributed by atoms with Crippen molar-refractivity contribution in [1.29, 1.82) is 0 Å². The maximum absolute atomic E-state index is 12.2. The third kappa shape index (κ3) is 3.12. The number of hydrogen-bond acceptors (Lipinski definition) is 3. The number of rotatable bonds is 3. The summed E-state index contributed by atoms with van der Waals surface area (Å²) in [5, 5.41) is 14.5. The zero-order valence-corrected chi connectivity index (χ0v) is 10.9. The number of anilines is 1. The van der Waals surface area contributed by atoms with Crippen LogP contribution in [-0.2, 0) is 16.2 Å². The topological polar surface area (TPSA) is 78.4 Å². The molecule has 0 saturated carbocycles. The van der Waals surface area contributed by atoms with E-state index in [2.05, 4.69) is 10.6 Å². The summed E-state index contributed by atoms with van der Waals surface area (Å²) < 4.78 is 0. The number of piperidine rings is 1. The Bertz CT molecular complexity index is 472. The van der Waals surface area contributed by atoms with Crippen molar-refractivity contribution in [3.05, 3.63) is 29.8 Å². The fraction of sp³-hybridized carbons (Fsp3) is 0.429. The molecule has 102 valence electrons. The van der Waals surface area contributed by atoms with Crippen LogP contribution in [0.3, 0.4) is 0 Å². The molecule has 1 unspecified atom stereocenters. The van der Waals surface area contributed by atoms with Crippen molar-refractivity contribution >= 4 is 17.5 Å². The highest BCUT2D eigenvalue weighted by molar-refractivity contribution is 5.96. The van der Waals surface area contributed by atoms with Gasteiger partial charge in [-0.25, -0.2) is 0 Å². The lowest BCUT2D eigenvalue weighted by Gasteiger charge is -2.32. The van der Waals surface area contributed by atoms with E-state index in [1.54, 1.807) is 24.3 Å². The molecule has 0 aliphatic carbocycles. The van der Waals surface area contributed by atoms with Crippen LogP contribution in [0.4, 0.5) is 5.69 Å². The Labute approximate surface area is 112 Å². The highest BCUT2D eigenvalue weighted by atomic mass is 16.3. The van der Waals surface area contributed by atoms with Crippen molar-refractivity contribution in [1.82, 2.24) is 5.32 Å². The fourth-order valence-electron chi connectivity index (χ4n) is 2.03. The second-order valence-electron chi connectivity index (χ2n) is 5.15. The number of amides is 2. The lowest BCUT2D eigenvalue weighted by Crippen LogP contribution is -2.48. The molecule has 1 saturated heterocycles. The van der Waals surface area contributed by atoms with Crippen LogP contribution >= 0.6 is 0 Å². The monoisotopic (exact) mass is 262 g/mol. The van der Waals surface area contributed by atoms with Crippen molar-refractivity contribution in [3.8, 4) is 0 Å². The van der Waals surface area contributed by atoms with Gasteiger partial charge in [-0.05, 0) is 31.0 Å². The minimum Gasteiger partial charge on any atom is -0.392 e. The molecule has 1 aliphatic heterocycles. The zero-order valence-electron chi connectivity index (χ0n) is 10.9. The maximum atomic E-state index is 12.2. The second-order valence-corrected chi connectivity index (χ2v) is 5.15. The average molecular weight is 262 g/mol. The van der Waals surface area contributed by atoms with E-state index >= 15 is 0 Å². The van der Waals surface area contributed by atoms with Crippen LogP contribution in [0.2, 0.25) is 0 Å². The van der Waals surface area contributed by atoms with Gasteiger partial charge in [0.1, 0.15) is 0 Å². The summed E-state index contributed by atoms with van der Waals surface area (Å²) in [7, 11) is 0. The Morgan fingerprint density at radius 1 is 1.42 bits per heavy atom. The fourth-order valence-corrected chi connectivity index (χ4v) is 2.03. The normalized spacial score (nSPS) is 22.7. The molecule has 2 amide bonds. The summed E-state index contributed by atoms with van der Waals surface area (Å²) in [6.07, 6.45) is 0.937. The molecule has 3 N–H and O–H groups in total. The van der Waals surface area contributed by atoms with Crippen LogP contribution in [0, 0.1) is 5.41 Å². The first kappa shape index (κ1) is 13.5. The number of aliphatic hydroxyl groups excluding tert-OH is 1. The van der Waals surface area contributed by atoms with Gasteiger partial charge in [-0.3, -0.25) is 9.59 Å². The van der Waals surface area contributed by atoms with Gasteiger partial charge in [0.05, 0.1) is 12.0 Å². The Balaban J connectivity index is 2.01. The molecule has 5 heteroatoms. The number of hydrogen-bond donors (Lipinski definition) is 3. The number of carbonyl (C=O) groups is 2. The Hall–Kier alpha value is -1.88. The Kier molecular flexibility index (Phi) is 3.85. The molecule has 1 aliphatic rings. The standard InChI is InChI=1S/C14H18N2O3/c1-14(7-6-12(18)15-9-14)13(19)16-11-4-2-10(8-17)3-5-11/h2-5,17H,6-9H2,1H3,(H,15,18)(H,16,19). The predicted molar refractivity (Wildman–Crippen MR) is 71.3 cm³/mol. The summed E-state index contributed by atoms with van der Waals surface area (Å²) in [5.41, 5.74) is 0.929. The lowest BCUT2D eigenvalue weighted by atomic mass is 9.81. The van der Waals surface area contributed by atoms with E-state index in [0.29, 0.717) is 25.1 Å². The molecule has 0 aromatic heterocycles. The quantitative estimate of drug-likeness (QED) is 0.761. The van der Waals surface area contributed by atoms with Gasteiger partial charge < -0.3 is 15.7 Å². The van der Waals surface area contributed by atoms with E-state index in [0.717, 1.165) is 5.56 Å². The van der Waals surface area contributed by atoms with Crippen LogP contribution in [0.25, 0.3) is 0 Å². The summed E-state index contributed by atoms with van der Waals surface area (Å²) >= 11 is 0. The van der Waals surface area contributed by atoms with Gasteiger partial charge in [0.2, 0.25) is 11.8 Å². The molecule has 19 heavy (non-hydrogen) atoms. The van der Waals surface area contributed by atoms with Crippen molar-refractivity contribution in [2.75, 3.05) is 11.9 Å². The molecule has 1 aromatic carbocycles. The number of nitrogens with one attached hydrogen (secondary N) is 2. The number of benzene rings is 1. The first-order valence-electron chi connectivity index (χ1n) is 6.31. The molecule has 5 nitrogen and oxygen atoms in total. The van der Waals surface area contributed by atoms with Crippen molar-refractivity contribution in [3.63, 3.8) is 0 Å². The number of aliphatic hydroxyl groups is 1. The van der Waals surface area contributed by atoms with Crippen LogP contribution in [-0.4, -0.2) is 23.5 Å². The highest BCUT2D eigenvalue weighted by Crippen LogP contribution is 2.27. The first-order valence-corrected chi connectivity index (χ1v) is 6.31. The SMILES string of the molecule is CC1(C(=O)Nc2ccc(CO)cc2)CCC(=O)NC1. The Morgan fingerprint density at radius 3 is 2.63 bits per heavy atom. The van der Waals surface area contributed by atoms with Crippen LogP contribution in [0.5, 0.6) is 0 Å². The van der Waals surface area contributed by atoms with E-state index in [-0.39, 0.29) is 18.4 Å². The van der Waals surface area contributed by atoms with Gasteiger partial charge in [-0.2, -0.15) is 0 Å². The molecule has 1 aromatic rings. The lowest BCUT2D eigenvalue weighted by molar-refractivity contribution is -0.130. The van der Waals surface area contributed by atoms with Gasteiger partial charge in [-0.1, -0.05) is 12.1 Å². The van der Waals surface area contributed by atoms with Crippen molar-refractivity contribution in [2.45, 2.75) is 26.4 Å². The van der Waals surface area contributed by atoms with Crippen molar-refractivity contribution < 1.29 is 14.7 Å². The van der Waals surface area contributed by atoms with Gasteiger partial charge in [0, 0.05) is 18.7 Å². The average Bonchev–Trinajstić information content (AvgIpc) is 2.43. The van der Waals surface area contributed by atoms with Gasteiger partial charge in [-0.15, -0.1) is 0 Å².